The van der Waals surface area contributed by atoms with E-state index in [4.69, 9.17) is 0 Å². The molecule has 1 aromatic carbocycles. The van der Waals surface area contributed by atoms with Crippen LogP contribution < -0.4 is 0 Å². The van der Waals surface area contributed by atoms with Crippen molar-refractivity contribution in [2.75, 3.05) is 0 Å². The lowest BCUT2D eigenvalue weighted by molar-refractivity contribution is -0.239. The quantitative estimate of drug-likeness (QED) is 0.465. The summed E-state index contributed by atoms with van der Waals surface area (Å²) in [6.07, 6.45) is 17.9. The minimum Gasteiger partial charge on any atom is -0.507 e. The predicted octanol–water partition coefficient (Wildman–Crippen LogP) is 7.99. The molecule has 0 heterocycles. The highest BCUT2D eigenvalue weighted by Crippen LogP contribution is 2.80. The number of aromatic hydroxyl groups is 1. The Morgan fingerprint density at radius 1 is 0.767 bits per heavy atom. The summed E-state index contributed by atoms with van der Waals surface area (Å²) in [5, 5.41) is 10.2. The van der Waals surface area contributed by atoms with Gasteiger partial charge in [-0.05, 0) is 156 Å². The van der Waals surface area contributed by atoms with Gasteiger partial charge in [-0.2, -0.15) is 0 Å². The SMILES string of the molecule is CC12CC3CC(C1)CC(C14CC5CC(C)(CC(c6ccc(O)c(Br)c6)(C5)C1)C4)(C3)C2. The molecule has 8 aliphatic rings. The highest BCUT2D eigenvalue weighted by atomic mass is 79.9. The second-order valence-electron chi connectivity index (χ2n) is 14.1. The van der Waals surface area contributed by atoms with Crippen LogP contribution in [-0.2, 0) is 5.41 Å². The molecule has 30 heavy (non-hydrogen) atoms. The van der Waals surface area contributed by atoms with Crippen molar-refractivity contribution < 1.29 is 5.11 Å². The van der Waals surface area contributed by atoms with E-state index < -0.39 is 0 Å². The molecule has 9 rings (SSSR count). The van der Waals surface area contributed by atoms with Crippen LogP contribution in [0.4, 0.5) is 0 Å². The number of benzene rings is 1. The maximum Gasteiger partial charge on any atom is 0.129 e. The van der Waals surface area contributed by atoms with Crippen molar-refractivity contribution >= 4 is 15.9 Å². The molecule has 0 aromatic heterocycles. The van der Waals surface area contributed by atoms with Gasteiger partial charge in [0.15, 0.2) is 0 Å². The third kappa shape index (κ3) is 2.36. The first-order valence-corrected chi connectivity index (χ1v) is 13.4. The van der Waals surface area contributed by atoms with Gasteiger partial charge < -0.3 is 5.11 Å². The Balaban J connectivity index is 1.37. The number of phenolic OH excluding ortho intramolecular Hbond substituents is 1. The van der Waals surface area contributed by atoms with Crippen LogP contribution in [-0.4, -0.2) is 5.11 Å². The molecule has 6 unspecified atom stereocenters. The summed E-state index contributed by atoms with van der Waals surface area (Å²) < 4.78 is 0.886. The molecule has 0 saturated heterocycles. The van der Waals surface area contributed by atoms with Crippen LogP contribution in [0.15, 0.2) is 22.7 Å². The largest absolute Gasteiger partial charge is 0.507 e. The molecule has 0 aliphatic heterocycles. The minimum atomic E-state index is 0.342. The second-order valence-corrected chi connectivity index (χ2v) is 15.0. The van der Waals surface area contributed by atoms with Crippen LogP contribution in [0.2, 0.25) is 0 Å². The van der Waals surface area contributed by atoms with Crippen LogP contribution in [0.5, 0.6) is 5.75 Å². The van der Waals surface area contributed by atoms with E-state index in [9.17, 15) is 5.11 Å². The fourth-order valence-electron chi connectivity index (χ4n) is 12.0. The van der Waals surface area contributed by atoms with Gasteiger partial charge in [-0.25, -0.2) is 0 Å². The first-order valence-electron chi connectivity index (χ1n) is 12.6. The summed E-state index contributed by atoms with van der Waals surface area (Å²) in [6.45, 7) is 5.31. The van der Waals surface area contributed by atoms with Crippen molar-refractivity contribution in [3.8, 4) is 5.75 Å². The zero-order valence-corrected chi connectivity index (χ0v) is 20.4. The predicted molar refractivity (Wildman–Crippen MR) is 124 cm³/mol. The molecule has 0 spiro atoms. The van der Waals surface area contributed by atoms with Gasteiger partial charge in [-0.3, -0.25) is 0 Å². The summed E-state index contributed by atoms with van der Waals surface area (Å²) in [4.78, 5) is 0. The molecule has 8 saturated carbocycles. The summed E-state index contributed by atoms with van der Waals surface area (Å²) >= 11 is 3.64. The highest BCUT2D eigenvalue weighted by molar-refractivity contribution is 9.10. The smallest absolute Gasteiger partial charge is 0.129 e. The highest BCUT2D eigenvalue weighted by Gasteiger charge is 2.71. The van der Waals surface area contributed by atoms with Gasteiger partial charge in [0, 0.05) is 0 Å². The fourth-order valence-corrected chi connectivity index (χ4v) is 12.4. The standard InChI is InChI=1S/C28H37BrO/c1-24-7-18-5-19(8-24)12-27(11-18,15-24)28-13-20-9-25(2,16-28)14-26(10-20,17-28)21-3-4-23(30)22(29)6-21/h3-4,6,18-20,30H,5,7-17H2,1-2H3. The van der Waals surface area contributed by atoms with Crippen LogP contribution in [0, 0.1) is 39.4 Å². The summed E-state index contributed by atoms with van der Waals surface area (Å²) in [5.41, 5.74) is 4.23. The Bertz CT molecular complexity index is 923. The zero-order valence-electron chi connectivity index (χ0n) is 18.8. The monoisotopic (exact) mass is 468 g/mol. The fraction of sp³-hybridized carbons (Fsp3) is 0.786. The molecular formula is C28H37BrO. The molecule has 1 aromatic rings. The van der Waals surface area contributed by atoms with Crippen molar-refractivity contribution in [1.29, 1.82) is 0 Å². The summed E-state index contributed by atoms with van der Waals surface area (Å²) in [5.74, 6) is 3.35. The van der Waals surface area contributed by atoms with Crippen molar-refractivity contribution in [1.82, 2.24) is 0 Å². The Morgan fingerprint density at radius 2 is 1.43 bits per heavy atom. The Kier molecular flexibility index (Phi) is 3.50. The van der Waals surface area contributed by atoms with Gasteiger partial charge in [0.1, 0.15) is 5.75 Å². The van der Waals surface area contributed by atoms with Crippen molar-refractivity contribution in [3.63, 3.8) is 0 Å². The molecule has 8 bridgehead atoms. The van der Waals surface area contributed by atoms with Gasteiger partial charge in [-0.1, -0.05) is 19.9 Å². The van der Waals surface area contributed by atoms with Crippen LogP contribution in [0.25, 0.3) is 0 Å². The number of halogens is 1. The minimum absolute atomic E-state index is 0.342. The molecule has 1 nitrogen and oxygen atoms in total. The van der Waals surface area contributed by atoms with Gasteiger partial charge in [0.25, 0.3) is 0 Å². The van der Waals surface area contributed by atoms with E-state index in [-0.39, 0.29) is 0 Å². The van der Waals surface area contributed by atoms with Gasteiger partial charge in [-0.15, -0.1) is 0 Å². The molecular weight excluding hydrogens is 432 g/mol. The van der Waals surface area contributed by atoms with E-state index in [1.165, 1.54) is 63.4 Å². The van der Waals surface area contributed by atoms with Crippen molar-refractivity contribution in [2.24, 2.45) is 39.4 Å². The van der Waals surface area contributed by atoms with Crippen LogP contribution in [0.1, 0.15) is 96.5 Å². The zero-order chi connectivity index (χ0) is 20.6. The molecule has 1 N–H and O–H groups in total. The van der Waals surface area contributed by atoms with E-state index in [1.807, 2.05) is 6.07 Å². The van der Waals surface area contributed by atoms with E-state index in [1.54, 1.807) is 19.3 Å². The van der Waals surface area contributed by atoms with Crippen molar-refractivity contribution in [2.45, 2.75) is 96.3 Å². The maximum atomic E-state index is 10.2. The van der Waals surface area contributed by atoms with E-state index >= 15 is 0 Å². The molecule has 0 amide bonds. The molecule has 0 radical (unpaired) electrons. The Labute approximate surface area is 190 Å². The summed E-state index contributed by atoms with van der Waals surface area (Å²) in [6, 6.07) is 6.49. The molecule has 8 fully saturated rings. The number of hydrogen-bond donors (Lipinski definition) is 1. The lowest BCUT2D eigenvalue weighted by Gasteiger charge is -2.75. The normalized spacial score (nSPS) is 55.4. The van der Waals surface area contributed by atoms with Crippen molar-refractivity contribution in [3.05, 3.63) is 28.2 Å². The second kappa shape index (κ2) is 5.52. The first-order chi connectivity index (χ1) is 14.1. The third-order valence-electron chi connectivity index (χ3n) is 11.4. The van der Waals surface area contributed by atoms with Gasteiger partial charge >= 0.3 is 0 Å². The lowest BCUT2D eigenvalue weighted by Crippen LogP contribution is -2.66. The molecule has 162 valence electrons. The number of rotatable bonds is 2. The molecule has 2 heteroatoms. The third-order valence-corrected chi connectivity index (χ3v) is 12.0. The van der Waals surface area contributed by atoms with Crippen LogP contribution >= 0.6 is 15.9 Å². The van der Waals surface area contributed by atoms with Gasteiger partial charge in [0.2, 0.25) is 0 Å². The number of hydrogen-bond acceptors (Lipinski definition) is 1. The lowest BCUT2D eigenvalue weighted by atomic mass is 9.29. The van der Waals surface area contributed by atoms with E-state index in [2.05, 4.69) is 41.9 Å². The topological polar surface area (TPSA) is 20.2 Å². The maximum absolute atomic E-state index is 10.2. The Hall–Kier alpha value is -0.500. The first kappa shape index (κ1) is 19.0. The Morgan fingerprint density at radius 3 is 2.10 bits per heavy atom. The molecule has 8 aliphatic carbocycles. The number of phenols is 1. The van der Waals surface area contributed by atoms with Crippen LogP contribution in [0.3, 0.4) is 0 Å². The average molecular weight is 470 g/mol. The summed E-state index contributed by atoms with van der Waals surface area (Å²) in [7, 11) is 0. The van der Waals surface area contributed by atoms with E-state index in [0.717, 1.165) is 22.2 Å². The van der Waals surface area contributed by atoms with Gasteiger partial charge in [0.05, 0.1) is 4.47 Å². The van der Waals surface area contributed by atoms with E-state index in [0.29, 0.717) is 32.8 Å². The molecule has 6 atom stereocenters. The average Bonchev–Trinajstić information content (AvgIpc) is 2.60.